The number of hydrogen-bond acceptors (Lipinski definition) is 5. The van der Waals surface area contributed by atoms with Crippen LogP contribution in [0.3, 0.4) is 0 Å². The fourth-order valence-corrected chi connectivity index (χ4v) is 9.29. The van der Waals surface area contributed by atoms with Crippen molar-refractivity contribution in [1.29, 1.82) is 0 Å². The molecule has 7 atom stereocenters. The van der Waals surface area contributed by atoms with Gasteiger partial charge in [-0.2, -0.15) is 0 Å². The molecule has 0 radical (unpaired) electrons. The quantitative estimate of drug-likeness (QED) is 0.675. The molecule has 0 saturated heterocycles. The van der Waals surface area contributed by atoms with E-state index in [2.05, 4.69) is 35.4 Å². The van der Waals surface area contributed by atoms with Crippen molar-refractivity contribution in [3.8, 4) is 0 Å². The Morgan fingerprint density at radius 2 is 1.94 bits per heavy atom. The summed E-state index contributed by atoms with van der Waals surface area (Å²) in [6.07, 6.45) is 14.2. The van der Waals surface area contributed by atoms with Gasteiger partial charge in [0.25, 0.3) is 0 Å². The molecule has 178 valence electrons. The van der Waals surface area contributed by atoms with Crippen molar-refractivity contribution in [2.75, 3.05) is 12.4 Å². The van der Waals surface area contributed by atoms with Crippen molar-refractivity contribution in [1.82, 2.24) is 15.1 Å². The summed E-state index contributed by atoms with van der Waals surface area (Å²) in [6.45, 7) is 4.87. The van der Waals surface area contributed by atoms with Crippen molar-refractivity contribution >= 4 is 28.3 Å². The lowest BCUT2D eigenvalue weighted by molar-refractivity contribution is -0.139. The molecule has 2 heterocycles. The smallest absolute Gasteiger partial charge is 0.246 e. The topological polar surface area (TPSA) is 75.2 Å². The molecule has 1 aromatic rings. The van der Waals surface area contributed by atoms with Crippen molar-refractivity contribution in [3.63, 3.8) is 0 Å². The molecule has 33 heavy (non-hydrogen) atoms. The summed E-state index contributed by atoms with van der Waals surface area (Å²) in [5, 5.41) is 13.3. The average molecular weight is 469 g/mol. The number of anilines is 1. The molecular weight excluding hydrogens is 432 g/mol. The molecule has 1 aliphatic heterocycles. The molecule has 4 aliphatic carbocycles. The van der Waals surface area contributed by atoms with Crippen LogP contribution in [0, 0.1) is 34.5 Å². The van der Waals surface area contributed by atoms with E-state index in [1.165, 1.54) is 38.5 Å². The Labute approximate surface area is 200 Å². The number of amides is 2. The Morgan fingerprint density at radius 3 is 2.73 bits per heavy atom. The van der Waals surface area contributed by atoms with Crippen molar-refractivity contribution < 1.29 is 9.59 Å². The van der Waals surface area contributed by atoms with Gasteiger partial charge in [0.05, 0.1) is 0 Å². The minimum Gasteiger partial charge on any atom is -0.338 e. The molecule has 6 nitrogen and oxygen atoms in total. The molecule has 5 aliphatic rings. The number of likely N-dealkylation sites (N-methyl/N-ethyl adjacent to an activating group) is 1. The first-order valence-electron chi connectivity index (χ1n) is 12.9. The summed E-state index contributed by atoms with van der Waals surface area (Å²) in [5.41, 5.74) is 0.321. The van der Waals surface area contributed by atoms with Gasteiger partial charge in [0.1, 0.15) is 5.01 Å². The van der Waals surface area contributed by atoms with Crippen LogP contribution in [0.5, 0.6) is 0 Å². The van der Waals surface area contributed by atoms with E-state index in [9.17, 15) is 9.59 Å². The van der Waals surface area contributed by atoms with Crippen LogP contribution >= 0.6 is 11.3 Å². The largest absolute Gasteiger partial charge is 0.338 e. The number of aromatic nitrogens is 2. The highest BCUT2D eigenvalue weighted by Crippen LogP contribution is 2.66. The second-order valence-electron chi connectivity index (χ2n) is 11.9. The fourth-order valence-electron chi connectivity index (χ4n) is 8.36. The molecule has 1 N–H and O–H groups in total. The summed E-state index contributed by atoms with van der Waals surface area (Å²) in [6, 6.07) is 0.330. The first-order valence-corrected chi connectivity index (χ1v) is 13.7. The second kappa shape index (κ2) is 7.62. The van der Waals surface area contributed by atoms with Crippen LogP contribution in [0.25, 0.3) is 0 Å². The highest BCUT2D eigenvalue weighted by atomic mass is 32.1. The van der Waals surface area contributed by atoms with Crippen LogP contribution in [0.15, 0.2) is 12.2 Å². The molecule has 2 amide bonds. The van der Waals surface area contributed by atoms with Gasteiger partial charge in [-0.1, -0.05) is 31.3 Å². The maximum atomic E-state index is 12.9. The first kappa shape index (κ1) is 21.8. The summed E-state index contributed by atoms with van der Waals surface area (Å²) in [7, 11) is 1.98. The van der Waals surface area contributed by atoms with Crippen LogP contribution in [0.2, 0.25) is 0 Å². The molecule has 0 bridgehead atoms. The predicted molar refractivity (Wildman–Crippen MR) is 129 cm³/mol. The molecule has 1 aromatic heterocycles. The van der Waals surface area contributed by atoms with Gasteiger partial charge < -0.3 is 10.2 Å². The highest BCUT2D eigenvalue weighted by molar-refractivity contribution is 7.15. The van der Waals surface area contributed by atoms with Gasteiger partial charge in [-0.15, -0.1) is 10.2 Å². The van der Waals surface area contributed by atoms with E-state index in [1.807, 2.05) is 18.0 Å². The van der Waals surface area contributed by atoms with Gasteiger partial charge in [0.2, 0.25) is 16.9 Å². The lowest BCUT2D eigenvalue weighted by Gasteiger charge is -2.60. The van der Waals surface area contributed by atoms with E-state index in [1.54, 1.807) is 11.3 Å². The highest BCUT2D eigenvalue weighted by Gasteiger charge is 2.60. The van der Waals surface area contributed by atoms with E-state index in [0.717, 1.165) is 17.8 Å². The minimum atomic E-state index is 0.0828. The van der Waals surface area contributed by atoms with E-state index in [-0.39, 0.29) is 22.6 Å². The molecule has 6 rings (SSSR count). The van der Waals surface area contributed by atoms with Crippen molar-refractivity contribution in [2.24, 2.45) is 34.5 Å². The van der Waals surface area contributed by atoms with Gasteiger partial charge in [-0.05, 0) is 86.5 Å². The van der Waals surface area contributed by atoms with Crippen LogP contribution in [0.4, 0.5) is 5.13 Å². The third-order valence-electron chi connectivity index (χ3n) is 10.4. The summed E-state index contributed by atoms with van der Waals surface area (Å²) < 4.78 is 0. The fraction of sp³-hybridized carbons (Fsp3) is 0.769. The Balaban J connectivity index is 1.15. The lowest BCUT2D eigenvalue weighted by atomic mass is 9.47. The number of carbonyl (C=O) groups is 2. The van der Waals surface area contributed by atoms with E-state index in [0.29, 0.717) is 47.2 Å². The minimum absolute atomic E-state index is 0.0828. The number of fused-ring (bicyclic) bond motifs is 5. The number of hydrogen-bond donors (Lipinski definition) is 1. The van der Waals surface area contributed by atoms with Gasteiger partial charge in [-0.3, -0.25) is 9.59 Å². The normalized spacial score (nSPS) is 42.0. The zero-order chi connectivity index (χ0) is 23.0. The van der Waals surface area contributed by atoms with Gasteiger partial charge in [0.15, 0.2) is 0 Å². The zero-order valence-corrected chi connectivity index (χ0v) is 20.9. The van der Waals surface area contributed by atoms with E-state index in [4.69, 9.17) is 0 Å². The third-order valence-corrected chi connectivity index (χ3v) is 11.4. The Kier molecular flexibility index (Phi) is 5.02. The molecule has 4 fully saturated rings. The molecular formula is C26H36N4O2S. The Morgan fingerprint density at radius 1 is 1.12 bits per heavy atom. The number of rotatable bonds is 4. The lowest BCUT2D eigenvalue weighted by Crippen LogP contribution is -2.59. The van der Waals surface area contributed by atoms with Crippen LogP contribution in [-0.4, -0.2) is 40.0 Å². The van der Waals surface area contributed by atoms with Crippen LogP contribution < -0.4 is 5.32 Å². The Bertz CT molecular complexity index is 1000. The van der Waals surface area contributed by atoms with Gasteiger partial charge in [0, 0.05) is 30.8 Å². The summed E-state index contributed by atoms with van der Waals surface area (Å²) in [5.74, 6) is 3.30. The monoisotopic (exact) mass is 468 g/mol. The van der Waals surface area contributed by atoms with Crippen LogP contribution in [-0.2, 0) is 9.59 Å². The summed E-state index contributed by atoms with van der Waals surface area (Å²) >= 11 is 1.55. The van der Waals surface area contributed by atoms with Crippen LogP contribution in [0.1, 0.15) is 82.6 Å². The SMILES string of the molecule is CN1C(=O)C=C[C@]2(C)[C@H]3CC[C@]4(C)[C@@H](CC(=O)Nc5nnc(C6CC6)s5)CC[C@H]4[C@@H]3CC[C@@H]12. The second-order valence-corrected chi connectivity index (χ2v) is 12.9. The number of nitrogens with one attached hydrogen (secondary N) is 1. The maximum Gasteiger partial charge on any atom is 0.246 e. The molecule has 0 unspecified atom stereocenters. The molecule has 4 saturated carbocycles. The first-order chi connectivity index (χ1) is 15.8. The van der Waals surface area contributed by atoms with Crippen molar-refractivity contribution in [3.05, 3.63) is 17.2 Å². The predicted octanol–water partition coefficient (Wildman–Crippen LogP) is 5.00. The number of nitrogens with zero attached hydrogens (tertiary/aromatic N) is 3. The number of carbonyl (C=O) groups excluding carboxylic acids is 2. The standard InChI is InChI=1S/C26H36N4O2S/c1-25-12-10-19-17(7-9-20-26(19,2)13-11-22(32)30(20)3)18(25)8-6-16(25)14-21(31)27-24-29-28-23(33-24)15-4-5-15/h11,13,15-20H,4-10,12,14H2,1-3H3,(H,27,29,31)/t16-,17+,18+,19+,20-,25-,26-/m1/s1. The average Bonchev–Trinajstić information content (AvgIpc) is 3.45. The maximum absolute atomic E-state index is 12.9. The Hall–Kier alpha value is -1.76. The molecule has 7 heteroatoms. The zero-order valence-electron chi connectivity index (χ0n) is 20.0. The summed E-state index contributed by atoms with van der Waals surface area (Å²) in [4.78, 5) is 27.2. The molecule has 0 spiro atoms. The van der Waals surface area contributed by atoms with Gasteiger partial charge in [-0.25, -0.2) is 0 Å². The molecule has 0 aromatic carbocycles. The van der Waals surface area contributed by atoms with Crippen molar-refractivity contribution in [2.45, 2.75) is 83.6 Å². The van der Waals surface area contributed by atoms with Gasteiger partial charge >= 0.3 is 0 Å². The third kappa shape index (κ3) is 3.40. The van der Waals surface area contributed by atoms with E-state index < -0.39 is 0 Å². The van der Waals surface area contributed by atoms with E-state index >= 15 is 0 Å².